The number of carbonyl (C=O) groups excluding carboxylic acids is 1. The third kappa shape index (κ3) is 3.31. The first-order valence-electron chi connectivity index (χ1n) is 6.26. The molecule has 0 bridgehead atoms. The summed E-state index contributed by atoms with van der Waals surface area (Å²) in [6.07, 6.45) is 1.12. The molecule has 0 spiro atoms. The molecule has 0 saturated carbocycles. The summed E-state index contributed by atoms with van der Waals surface area (Å²) in [6.45, 7) is 3.31. The fraction of sp³-hybridized carbons (Fsp3) is 0.500. The highest BCUT2D eigenvalue weighted by molar-refractivity contribution is 5.90. The summed E-state index contributed by atoms with van der Waals surface area (Å²) in [5, 5.41) is 3.38. The van der Waals surface area contributed by atoms with Gasteiger partial charge >= 0.3 is 5.97 Å². The molecule has 1 aromatic carbocycles. The van der Waals surface area contributed by atoms with Crippen molar-refractivity contribution in [3.8, 4) is 0 Å². The van der Waals surface area contributed by atoms with Crippen LogP contribution in [0.1, 0.15) is 22.3 Å². The van der Waals surface area contributed by atoms with Crippen LogP contribution < -0.4 is 5.32 Å². The predicted molar refractivity (Wildman–Crippen MR) is 68.4 cm³/mol. The average Bonchev–Trinajstić information content (AvgIpc) is 2.92. The Hall–Kier alpha value is -1.39. The summed E-state index contributed by atoms with van der Waals surface area (Å²) >= 11 is 0. The molecule has 1 saturated heterocycles. The van der Waals surface area contributed by atoms with Gasteiger partial charge in [-0.2, -0.15) is 0 Å². The van der Waals surface area contributed by atoms with Gasteiger partial charge in [-0.15, -0.1) is 0 Å². The lowest BCUT2D eigenvalue weighted by molar-refractivity contribution is 0.0599. The number of hydrogen-bond acceptors (Lipinski definition) is 4. The molecule has 1 aliphatic heterocycles. The van der Waals surface area contributed by atoms with Crippen LogP contribution in [-0.2, 0) is 16.0 Å². The zero-order chi connectivity index (χ0) is 12.8. The number of benzene rings is 1. The third-order valence-corrected chi connectivity index (χ3v) is 3.20. The van der Waals surface area contributed by atoms with Gasteiger partial charge in [0.25, 0.3) is 0 Å². The second-order valence-corrected chi connectivity index (χ2v) is 4.51. The van der Waals surface area contributed by atoms with Crippen LogP contribution in [0, 0.1) is 5.92 Å². The first-order chi connectivity index (χ1) is 8.81. The Morgan fingerprint density at radius 2 is 2.33 bits per heavy atom. The van der Waals surface area contributed by atoms with Gasteiger partial charge in [0.2, 0.25) is 0 Å². The molecule has 4 heteroatoms. The number of carbonyl (C=O) groups is 1. The van der Waals surface area contributed by atoms with Crippen molar-refractivity contribution in [2.75, 3.05) is 26.9 Å². The minimum Gasteiger partial charge on any atom is -0.465 e. The van der Waals surface area contributed by atoms with Crippen LogP contribution in [0.3, 0.4) is 0 Å². The molecule has 1 heterocycles. The van der Waals surface area contributed by atoms with Crippen molar-refractivity contribution >= 4 is 5.97 Å². The van der Waals surface area contributed by atoms with E-state index in [-0.39, 0.29) is 5.97 Å². The Morgan fingerprint density at radius 1 is 1.50 bits per heavy atom. The highest BCUT2D eigenvalue weighted by atomic mass is 16.5. The first-order valence-corrected chi connectivity index (χ1v) is 6.26. The van der Waals surface area contributed by atoms with E-state index in [0.29, 0.717) is 18.0 Å². The van der Waals surface area contributed by atoms with Gasteiger partial charge in [-0.3, -0.25) is 0 Å². The number of rotatable bonds is 5. The fourth-order valence-electron chi connectivity index (χ4n) is 2.14. The zero-order valence-electron chi connectivity index (χ0n) is 10.6. The van der Waals surface area contributed by atoms with E-state index in [2.05, 4.69) is 5.32 Å². The zero-order valence-corrected chi connectivity index (χ0v) is 10.6. The van der Waals surface area contributed by atoms with Crippen LogP contribution in [0.5, 0.6) is 0 Å². The van der Waals surface area contributed by atoms with Crippen molar-refractivity contribution in [1.82, 2.24) is 5.32 Å². The number of hydrogen-bond donors (Lipinski definition) is 1. The van der Waals surface area contributed by atoms with Crippen LogP contribution in [0.15, 0.2) is 24.3 Å². The SMILES string of the molecule is COC(=O)c1ccccc1CNCC1CCOC1. The van der Waals surface area contributed by atoms with E-state index < -0.39 is 0 Å². The molecule has 1 aromatic rings. The van der Waals surface area contributed by atoms with Gasteiger partial charge in [0.05, 0.1) is 19.3 Å². The minimum absolute atomic E-state index is 0.281. The van der Waals surface area contributed by atoms with E-state index in [4.69, 9.17) is 9.47 Å². The normalized spacial score (nSPS) is 18.8. The number of nitrogens with one attached hydrogen (secondary N) is 1. The lowest BCUT2D eigenvalue weighted by atomic mass is 10.1. The molecule has 4 nitrogen and oxygen atoms in total. The summed E-state index contributed by atoms with van der Waals surface area (Å²) in [4.78, 5) is 11.6. The van der Waals surface area contributed by atoms with E-state index in [1.165, 1.54) is 7.11 Å². The monoisotopic (exact) mass is 249 g/mol. The van der Waals surface area contributed by atoms with Gasteiger partial charge in [0.1, 0.15) is 0 Å². The second-order valence-electron chi connectivity index (χ2n) is 4.51. The summed E-state index contributed by atoms with van der Waals surface area (Å²) < 4.78 is 10.1. The van der Waals surface area contributed by atoms with E-state index in [1.54, 1.807) is 6.07 Å². The molecule has 0 aromatic heterocycles. The molecule has 0 amide bonds. The van der Waals surface area contributed by atoms with Gasteiger partial charge in [0, 0.05) is 19.7 Å². The Bertz CT molecular complexity index is 400. The molecule has 1 atom stereocenters. The average molecular weight is 249 g/mol. The van der Waals surface area contributed by atoms with Gasteiger partial charge < -0.3 is 14.8 Å². The van der Waals surface area contributed by atoms with Crippen LogP contribution in [0.2, 0.25) is 0 Å². The second kappa shape index (κ2) is 6.52. The molecule has 1 unspecified atom stereocenters. The van der Waals surface area contributed by atoms with Crippen molar-refractivity contribution in [3.63, 3.8) is 0 Å². The largest absolute Gasteiger partial charge is 0.465 e. The number of ether oxygens (including phenoxy) is 2. The van der Waals surface area contributed by atoms with Gasteiger partial charge in [-0.25, -0.2) is 4.79 Å². The van der Waals surface area contributed by atoms with Crippen LogP contribution in [0.25, 0.3) is 0 Å². The summed E-state index contributed by atoms with van der Waals surface area (Å²) in [5.74, 6) is 0.312. The molecular weight excluding hydrogens is 230 g/mol. The maximum atomic E-state index is 11.6. The quantitative estimate of drug-likeness (QED) is 0.805. The van der Waals surface area contributed by atoms with Crippen molar-refractivity contribution in [3.05, 3.63) is 35.4 Å². The number of esters is 1. The smallest absolute Gasteiger partial charge is 0.338 e. The molecule has 1 N–H and O–H groups in total. The standard InChI is InChI=1S/C14H19NO3/c1-17-14(16)13-5-3-2-4-12(13)9-15-8-11-6-7-18-10-11/h2-5,11,15H,6-10H2,1H3. The Kier molecular flexibility index (Phi) is 4.73. The number of methoxy groups -OCH3 is 1. The highest BCUT2D eigenvalue weighted by Gasteiger charge is 2.15. The minimum atomic E-state index is -0.281. The molecule has 1 aliphatic rings. The molecule has 2 rings (SSSR count). The van der Waals surface area contributed by atoms with E-state index >= 15 is 0 Å². The maximum Gasteiger partial charge on any atom is 0.338 e. The molecule has 0 aliphatic carbocycles. The first kappa shape index (κ1) is 13.1. The summed E-state index contributed by atoms with van der Waals surface area (Å²) in [7, 11) is 1.41. The van der Waals surface area contributed by atoms with Crippen LogP contribution in [-0.4, -0.2) is 32.8 Å². The predicted octanol–water partition coefficient (Wildman–Crippen LogP) is 1.60. The van der Waals surface area contributed by atoms with Crippen molar-refractivity contribution in [1.29, 1.82) is 0 Å². The summed E-state index contributed by atoms with van der Waals surface area (Å²) in [5.41, 5.74) is 1.61. The van der Waals surface area contributed by atoms with Gasteiger partial charge in [-0.1, -0.05) is 18.2 Å². The van der Waals surface area contributed by atoms with Crippen molar-refractivity contribution in [2.24, 2.45) is 5.92 Å². The third-order valence-electron chi connectivity index (χ3n) is 3.20. The van der Waals surface area contributed by atoms with E-state index in [9.17, 15) is 4.79 Å². The Balaban J connectivity index is 1.89. The highest BCUT2D eigenvalue weighted by Crippen LogP contribution is 2.13. The Labute approximate surface area is 107 Å². The molecule has 98 valence electrons. The summed E-state index contributed by atoms with van der Waals surface area (Å²) in [6, 6.07) is 7.52. The lowest BCUT2D eigenvalue weighted by Crippen LogP contribution is -2.23. The molecule has 18 heavy (non-hydrogen) atoms. The van der Waals surface area contributed by atoms with Gasteiger partial charge in [0.15, 0.2) is 0 Å². The van der Waals surface area contributed by atoms with E-state index in [1.807, 2.05) is 18.2 Å². The lowest BCUT2D eigenvalue weighted by Gasteiger charge is -2.11. The van der Waals surface area contributed by atoms with Crippen molar-refractivity contribution < 1.29 is 14.3 Å². The fourth-order valence-corrected chi connectivity index (χ4v) is 2.14. The van der Waals surface area contributed by atoms with E-state index in [0.717, 1.165) is 31.7 Å². The molecular formula is C14H19NO3. The van der Waals surface area contributed by atoms with Gasteiger partial charge in [-0.05, 0) is 24.0 Å². The van der Waals surface area contributed by atoms with Crippen LogP contribution >= 0.6 is 0 Å². The molecule has 1 fully saturated rings. The maximum absolute atomic E-state index is 11.6. The Morgan fingerprint density at radius 3 is 3.06 bits per heavy atom. The van der Waals surface area contributed by atoms with Crippen molar-refractivity contribution in [2.45, 2.75) is 13.0 Å². The van der Waals surface area contributed by atoms with Crippen LogP contribution in [0.4, 0.5) is 0 Å². The molecule has 0 radical (unpaired) electrons. The topological polar surface area (TPSA) is 47.6 Å².